The monoisotopic (exact) mass is 353 g/mol. The van der Waals surface area contributed by atoms with Crippen LogP contribution in [-0.2, 0) is 14.2 Å². The molecule has 8 nitrogen and oxygen atoms in total. The number of methoxy groups -OCH3 is 1. The lowest BCUT2D eigenvalue weighted by atomic mass is 10.1. The van der Waals surface area contributed by atoms with E-state index in [0.29, 0.717) is 35.7 Å². The van der Waals surface area contributed by atoms with Crippen LogP contribution in [0.5, 0.6) is 0 Å². The van der Waals surface area contributed by atoms with Crippen LogP contribution in [0.25, 0.3) is 0 Å². The summed E-state index contributed by atoms with van der Waals surface area (Å²) in [6.45, 7) is 8.57. The van der Waals surface area contributed by atoms with E-state index >= 15 is 0 Å². The molecular weight excluding hydrogens is 326 g/mol. The Kier molecular flexibility index (Phi) is 7.42. The number of aryl methyl sites for hydroxylation is 1. The van der Waals surface area contributed by atoms with Gasteiger partial charge in [0.25, 0.3) is 5.91 Å². The van der Waals surface area contributed by atoms with E-state index in [-0.39, 0.29) is 12.5 Å². The minimum Gasteiger partial charge on any atom is -0.460 e. The van der Waals surface area contributed by atoms with Crippen LogP contribution < -0.4 is 5.32 Å². The second kappa shape index (κ2) is 9.55. The molecule has 1 saturated heterocycles. The number of nitrogens with one attached hydrogen (secondary N) is 2. The molecule has 140 valence electrons. The largest absolute Gasteiger partial charge is 0.460 e. The van der Waals surface area contributed by atoms with Gasteiger partial charge in [-0.1, -0.05) is 0 Å². The molecule has 0 radical (unpaired) electrons. The molecular formula is C17H27N3O5. The summed E-state index contributed by atoms with van der Waals surface area (Å²) in [5.74, 6) is -0.666. The van der Waals surface area contributed by atoms with Crippen LogP contribution in [0.2, 0.25) is 0 Å². The van der Waals surface area contributed by atoms with Crippen LogP contribution in [0.1, 0.15) is 32.1 Å². The summed E-state index contributed by atoms with van der Waals surface area (Å²) in [5.41, 5.74) is 2.04. The predicted molar refractivity (Wildman–Crippen MR) is 92.0 cm³/mol. The van der Waals surface area contributed by atoms with Crippen molar-refractivity contribution in [3.63, 3.8) is 0 Å². The second-order valence-electron chi connectivity index (χ2n) is 5.96. The summed E-state index contributed by atoms with van der Waals surface area (Å²) in [7, 11) is 1.54. The Morgan fingerprint density at radius 1 is 1.24 bits per heavy atom. The third kappa shape index (κ3) is 5.29. The molecule has 0 atom stereocenters. The Labute approximate surface area is 147 Å². The third-order valence-corrected chi connectivity index (χ3v) is 4.21. The summed E-state index contributed by atoms with van der Waals surface area (Å²) < 4.78 is 15.3. The lowest BCUT2D eigenvalue weighted by molar-refractivity contribution is 0.0382. The average Bonchev–Trinajstić information content (AvgIpc) is 2.90. The topological polar surface area (TPSA) is 92.9 Å². The Morgan fingerprint density at radius 3 is 2.64 bits per heavy atom. The zero-order chi connectivity index (χ0) is 18.2. The van der Waals surface area contributed by atoms with Gasteiger partial charge in [0.1, 0.15) is 12.3 Å². The van der Waals surface area contributed by atoms with Crippen LogP contribution in [0.15, 0.2) is 0 Å². The van der Waals surface area contributed by atoms with Crippen molar-refractivity contribution < 1.29 is 23.8 Å². The van der Waals surface area contributed by atoms with E-state index in [4.69, 9.17) is 14.2 Å². The van der Waals surface area contributed by atoms with Crippen LogP contribution in [-0.4, -0.2) is 81.5 Å². The highest BCUT2D eigenvalue weighted by Crippen LogP contribution is 2.19. The number of H-pyrrole nitrogens is 1. The number of carbonyl (C=O) groups is 2. The molecule has 8 heteroatoms. The number of hydrogen-bond donors (Lipinski definition) is 2. The Bertz CT molecular complexity index is 593. The molecule has 1 aliphatic heterocycles. The van der Waals surface area contributed by atoms with E-state index in [1.165, 1.54) is 0 Å². The van der Waals surface area contributed by atoms with Gasteiger partial charge >= 0.3 is 5.97 Å². The van der Waals surface area contributed by atoms with Crippen molar-refractivity contribution in [2.45, 2.75) is 13.8 Å². The lowest BCUT2D eigenvalue weighted by Gasteiger charge is -2.26. The van der Waals surface area contributed by atoms with Crippen molar-refractivity contribution in [2.24, 2.45) is 0 Å². The third-order valence-electron chi connectivity index (χ3n) is 4.21. The molecule has 1 fully saturated rings. The molecule has 0 saturated carbocycles. The fourth-order valence-electron chi connectivity index (χ4n) is 2.81. The summed E-state index contributed by atoms with van der Waals surface area (Å²) in [4.78, 5) is 29.8. The fraction of sp³-hybridized carbons (Fsp3) is 0.647. The first-order chi connectivity index (χ1) is 12.0. The minimum absolute atomic E-state index is 0.181. The number of hydrogen-bond acceptors (Lipinski definition) is 6. The zero-order valence-electron chi connectivity index (χ0n) is 15.1. The molecule has 0 spiro atoms. The van der Waals surface area contributed by atoms with Gasteiger partial charge < -0.3 is 24.5 Å². The molecule has 2 rings (SSSR count). The van der Waals surface area contributed by atoms with Gasteiger partial charge in [0.15, 0.2) is 0 Å². The van der Waals surface area contributed by atoms with E-state index in [1.807, 2.05) is 0 Å². The highest BCUT2D eigenvalue weighted by Gasteiger charge is 2.23. The number of aromatic nitrogens is 1. The van der Waals surface area contributed by atoms with Gasteiger partial charge in [0.05, 0.1) is 25.4 Å². The predicted octanol–water partition coefficient (Wildman–Crippen LogP) is 0.497. The van der Waals surface area contributed by atoms with Crippen molar-refractivity contribution in [1.29, 1.82) is 0 Å². The Morgan fingerprint density at radius 2 is 1.96 bits per heavy atom. The first-order valence-corrected chi connectivity index (χ1v) is 8.48. The van der Waals surface area contributed by atoms with E-state index in [0.717, 1.165) is 32.8 Å². The molecule has 1 aliphatic rings. The summed E-state index contributed by atoms with van der Waals surface area (Å²) >= 11 is 0. The van der Waals surface area contributed by atoms with Crippen molar-refractivity contribution in [3.05, 3.63) is 22.5 Å². The van der Waals surface area contributed by atoms with Gasteiger partial charge in [-0.15, -0.1) is 0 Å². The quantitative estimate of drug-likeness (QED) is 0.522. The van der Waals surface area contributed by atoms with Gasteiger partial charge in [0.2, 0.25) is 0 Å². The Hall–Kier alpha value is -1.90. The van der Waals surface area contributed by atoms with Gasteiger partial charge in [-0.2, -0.15) is 0 Å². The minimum atomic E-state index is -0.448. The first-order valence-electron chi connectivity index (χ1n) is 8.48. The smallest absolute Gasteiger partial charge is 0.340 e. The number of aromatic amines is 1. The van der Waals surface area contributed by atoms with Gasteiger partial charge in [0, 0.05) is 39.0 Å². The number of ether oxygens (including phenoxy) is 3. The van der Waals surface area contributed by atoms with Crippen LogP contribution in [0, 0.1) is 13.8 Å². The number of amides is 1. The fourth-order valence-corrected chi connectivity index (χ4v) is 2.81. The molecule has 25 heavy (non-hydrogen) atoms. The van der Waals surface area contributed by atoms with E-state index in [2.05, 4.69) is 15.2 Å². The molecule has 1 aromatic heterocycles. The van der Waals surface area contributed by atoms with E-state index in [1.54, 1.807) is 21.0 Å². The molecule has 0 aliphatic carbocycles. The molecule has 0 bridgehead atoms. The van der Waals surface area contributed by atoms with Crippen molar-refractivity contribution in [2.75, 3.05) is 59.7 Å². The molecule has 0 aromatic carbocycles. The maximum absolute atomic E-state index is 12.4. The number of carbonyl (C=O) groups excluding carboxylic acids is 2. The average molecular weight is 353 g/mol. The standard InChI is InChI=1S/C17H27N3O5/c1-12-14(17(22)25-11-10-23-3)13(2)19-15(12)16(21)18-4-5-20-6-8-24-9-7-20/h19H,4-11H2,1-3H3,(H,18,21). The summed E-state index contributed by atoms with van der Waals surface area (Å²) in [5, 5.41) is 2.89. The van der Waals surface area contributed by atoms with Crippen LogP contribution in [0.3, 0.4) is 0 Å². The number of rotatable bonds is 8. The van der Waals surface area contributed by atoms with Gasteiger partial charge in [-0.25, -0.2) is 4.79 Å². The van der Waals surface area contributed by atoms with E-state index in [9.17, 15) is 9.59 Å². The summed E-state index contributed by atoms with van der Waals surface area (Å²) in [6.07, 6.45) is 0. The molecule has 1 aromatic rings. The number of morpholine rings is 1. The van der Waals surface area contributed by atoms with Gasteiger partial charge in [-0.05, 0) is 19.4 Å². The molecule has 0 unspecified atom stereocenters. The highest BCUT2D eigenvalue weighted by atomic mass is 16.6. The number of nitrogens with zero attached hydrogens (tertiary/aromatic N) is 1. The summed E-state index contributed by atoms with van der Waals surface area (Å²) in [6, 6.07) is 0. The lowest BCUT2D eigenvalue weighted by Crippen LogP contribution is -2.41. The van der Waals surface area contributed by atoms with Crippen molar-refractivity contribution in [3.8, 4) is 0 Å². The maximum Gasteiger partial charge on any atom is 0.340 e. The SMILES string of the molecule is COCCOC(=O)c1c(C)[nH]c(C(=O)NCCN2CCOCC2)c1C. The molecule has 2 N–H and O–H groups in total. The first kappa shape index (κ1) is 19.4. The van der Waals surface area contributed by atoms with Crippen molar-refractivity contribution >= 4 is 11.9 Å². The number of esters is 1. The zero-order valence-corrected chi connectivity index (χ0v) is 15.1. The molecule has 1 amide bonds. The van der Waals surface area contributed by atoms with Crippen molar-refractivity contribution in [1.82, 2.24) is 15.2 Å². The van der Waals surface area contributed by atoms with Crippen LogP contribution >= 0.6 is 0 Å². The molecule has 2 heterocycles. The highest BCUT2D eigenvalue weighted by molar-refractivity contribution is 6.00. The maximum atomic E-state index is 12.4. The normalized spacial score (nSPS) is 15.2. The Balaban J connectivity index is 1.91. The van der Waals surface area contributed by atoms with E-state index < -0.39 is 5.97 Å². The van der Waals surface area contributed by atoms with Crippen LogP contribution in [0.4, 0.5) is 0 Å². The second-order valence-corrected chi connectivity index (χ2v) is 5.96. The van der Waals surface area contributed by atoms with Gasteiger partial charge in [-0.3, -0.25) is 9.69 Å².